The van der Waals surface area contributed by atoms with Crippen LogP contribution in [0.3, 0.4) is 0 Å². The molecule has 0 saturated carbocycles. The summed E-state index contributed by atoms with van der Waals surface area (Å²) in [6.45, 7) is 0.748. The zero-order valence-corrected chi connectivity index (χ0v) is 10.7. The quantitative estimate of drug-likeness (QED) is 0.610. The van der Waals surface area contributed by atoms with Gasteiger partial charge in [-0.2, -0.15) is 5.10 Å². The molecule has 2 N–H and O–H groups in total. The van der Waals surface area contributed by atoms with E-state index in [0.29, 0.717) is 10.2 Å². The Bertz CT molecular complexity index is 884. The molecule has 0 bridgehead atoms. The van der Waals surface area contributed by atoms with Crippen LogP contribution in [0.15, 0.2) is 11.1 Å². The molecule has 1 aliphatic heterocycles. The fourth-order valence-corrected chi connectivity index (χ4v) is 3.75. The lowest BCUT2D eigenvalue weighted by molar-refractivity contribution is 0.679. The molecule has 1 aliphatic rings. The number of nitrogens with one attached hydrogen (secondary N) is 2. The van der Waals surface area contributed by atoms with Crippen LogP contribution in [0.1, 0.15) is 5.56 Å². The predicted molar refractivity (Wildman–Crippen MR) is 70.4 cm³/mol. The minimum atomic E-state index is -0.0833. The Labute approximate surface area is 109 Å². The third-order valence-corrected chi connectivity index (χ3v) is 4.59. The van der Waals surface area contributed by atoms with Gasteiger partial charge in [-0.15, -0.1) is 11.3 Å². The highest BCUT2D eigenvalue weighted by Crippen LogP contribution is 2.38. The Morgan fingerprint density at radius 1 is 1.50 bits per heavy atom. The Morgan fingerprint density at radius 2 is 2.39 bits per heavy atom. The van der Waals surface area contributed by atoms with Crippen molar-refractivity contribution in [2.45, 2.75) is 13.0 Å². The van der Waals surface area contributed by atoms with Crippen LogP contribution in [-0.2, 0) is 13.0 Å². The van der Waals surface area contributed by atoms with E-state index >= 15 is 0 Å². The van der Waals surface area contributed by atoms with E-state index in [9.17, 15) is 4.79 Å². The van der Waals surface area contributed by atoms with Crippen molar-refractivity contribution in [2.75, 3.05) is 0 Å². The van der Waals surface area contributed by atoms with Gasteiger partial charge in [0.25, 0.3) is 5.56 Å². The molecule has 0 saturated heterocycles. The minimum absolute atomic E-state index is 0.0833. The molecule has 18 heavy (non-hydrogen) atoms. The SMILES string of the molecule is O=c1[nH]cnc2sc3c(c12)CCn1c-3n[nH]c1=S. The van der Waals surface area contributed by atoms with E-state index < -0.39 is 0 Å². The molecule has 90 valence electrons. The van der Waals surface area contributed by atoms with Gasteiger partial charge in [0.1, 0.15) is 4.83 Å². The second-order valence-corrected chi connectivity index (χ2v) is 5.46. The van der Waals surface area contributed by atoms with E-state index in [1.165, 1.54) is 17.7 Å². The molecule has 0 unspecified atom stereocenters. The van der Waals surface area contributed by atoms with Crippen LogP contribution in [0, 0.1) is 4.77 Å². The third kappa shape index (κ3) is 1.16. The number of hydrogen-bond donors (Lipinski definition) is 2. The van der Waals surface area contributed by atoms with Gasteiger partial charge in [-0.05, 0) is 24.2 Å². The van der Waals surface area contributed by atoms with E-state index in [1.54, 1.807) is 0 Å². The highest BCUT2D eigenvalue weighted by molar-refractivity contribution is 7.71. The van der Waals surface area contributed by atoms with Gasteiger partial charge in [-0.1, -0.05) is 0 Å². The summed E-state index contributed by atoms with van der Waals surface area (Å²) in [6, 6.07) is 0. The summed E-state index contributed by atoms with van der Waals surface area (Å²) in [7, 11) is 0. The van der Waals surface area contributed by atoms with Crippen molar-refractivity contribution >= 4 is 33.8 Å². The number of aromatic nitrogens is 5. The molecule has 0 spiro atoms. The monoisotopic (exact) mass is 277 g/mol. The number of fused-ring (bicyclic) bond motifs is 5. The number of aromatic amines is 2. The number of rotatable bonds is 0. The molecule has 8 heteroatoms. The summed E-state index contributed by atoms with van der Waals surface area (Å²) in [5, 5.41) is 7.73. The van der Waals surface area contributed by atoms with Crippen molar-refractivity contribution in [1.29, 1.82) is 0 Å². The van der Waals surface area contributed by atoms with Crippen molar-refractivity contribution in [3.05, 3.63) is 27.0 Å². The summed E-state index contributed by atoms with van der Waals surface area (Å²) < 4.78 is 2.58. The molecule has 3 aromatic rings. The molecule has 4 rings (SSSR count). The first-order valence-electron chi connectivity index (χ1n) is 5.40. The lowest BCUT2D eigenvalue weighted by Gasteiger charge is -2.12. The van der Waals surface area contributed by atoms with Crippen LogP contribution in [0.2, 0.25) is 0 Å². The second-order valence-electron chi connectivity index (χ2n) is 4.08. The van der Waals surface area contributed by atoms with Gasteiger partial charge in [0.05, 0.1) is 16.6 Å². The van der Waals surface area contributed by atoms with Crippen LogP contribution in [0.5, 0.6) is 0 Å². The van der Waals surface area contributed by atoms with E-state index in [4.69, 9.17) is 12.2 Å². The third-order valence-electron chi connectivity index (χ3n) is 3.14. The zero-order chi connectivity index (χ0) is 12.3. The molecule has 0 aliphatic carbocycles. The average molecular weight is 277 g/mol. The minimum Gasteiger partial charge on any atom is -0.313 e. The van der Waals surface area contributed by atoms with E-state index in [0.717, 1.165) is 34.1 Å². The van der Waals surface area contributed by atoms with Crippen molar-refractivity contribution in [2.24, 2.45) is 0 Å². The van der Waals surface area contributed by atoms with Gasteiger partial charge in [-0.25, -0.2) is 4.98 Å². The van der Waals surface area contributed by atoms with Crippen LogP contribution in [0.25, 0.3) is 20.9 Å². The standard InChI is InChI=1S/C10H7N5OS2/c16-8-5-4-1-2-15-7(13-14-10(15)17)6(4)18-9(5)12-3-11-8/h3H,1-2H2,(H,14,17)(H,11,12,16). The number of H-pyrrole nitrogens is 2. The Balaban J connectivity index is 2.18. The largest absolute Gasteiger partial charge is 0.313 e. The molecule has 4 heterocycles. The van der Waals surface area contributed by atoms with Crippen LogP contribution < -0.4 is 5.56 Å². The number of thiophene rings is 1. The number of aryl methyl sites for hydroxylation is 1. The first-order chi connectivity index (χ1) is 8.75. The van der Waals surface area contributed by atoms with Crippen molar-refractivity contribution in [1.82, 2.24) is 24.7 Å². The lowest BCUT2D eigenvalue weighted by Crippen LogP contribution is -2.12. The van der Waals surface area contributed by atoms with Crippen molar-refractivity contribution in [3.8, 4) is 10.7 Å². The first kappa shape index (κ1) is 10.2. The summed E-state index contributed by atoms with van der Waals surface area (Å²) in [5.74, 6) is 0.809. The normalized spacial score (nSPS) is 13.6. The molecule has 0 aromatic carbocycles. The molecule has 0 atom stereocenters. The molecular weight excluding hydrogens is 270 g/mol. The zero-order valence-electron chi connectivity index (χ0n) is 9.06. The molecule has 0 fully saturated rings. The fourth-order valence-electron chi connectivity index (χ4n) is 2.34. The summed E-state index contributed by atoms with van der Waals surface area (Å²) in [6.07, 6.45) is 2.22. The van der Waals surface area contributed by atoms with E-state index in [1.807, 2.05) is 4.57 Å². The fraction of sp³-hybridized carbons (Fsp3) is 0.200. The van der Waals surface area contributed by atoms with Gasteiger partial charge in [0.15, 0.2) is 10.6 Å². The van der Waals surface area contributed by atoms with Crippen LogP contribution in [-0.4, -0.2) is 24.7 Å². The topological polar surface area (TPSA) is 79.4 Å². The second kappa shape index (κ2) is 3.36. The van der Waals surface area contributed by atoms with Gasteiger partial charge in [-0.3, -0.25) is 14.5 Å². The highest BCUT2D eigenvalue weighted by Gasteiger charge is 2.25. The maximum Gasteiger partial charge on any atom is 0.259 e. The van der Waals surface area contributed by atoms with Gasteiger partial charge in [0.2, 0.25) is 0 Å². The lowest BCUT2D eigenvalue weighted by atomic mass is 10.1. The van der Waals surface area contributed by atoms with Crippen LogP contribution in [0.4, 0.5) is 0 Å². The summed E-state index contributed by atoms with van der Waals surface area (Å²) >= 11 is 6.66. The summed E-state index contributed by atoms with van der Waals surface area (Å²) in [5.41, 5.74) is 0.950. The summed E-state index contributed by atoms with van der Waals surface area (Å²) in [4.78, 5) is 20.5. The van der Waals surface area contributed by atoms with Gasteiger partial charge >= 0.3 is 0 Å². The molecule has 0 amide bonds. The number of nitrogens with zero attached hydrogens (tertiary/aromatic N) is 3. The Kier molecular flexibility index (Phi) is 1.90. The average Bonchev–Trinajstić information content (AvgIpc) is 2.91. The van der Waals surface area contributed by atoms with Gasteiger partial charge in [0, 0.05) is 6.54 Å². The first-order valence-corrected chi connectivity index (χ1v) is 6.63. The van der Waals surface area contributed by atoms with Crippen molar-refractivity contribution < 1.29 is 0 Å². The van der Waals surface area contributed by atoms with Crippen molar-refractivity contribution in [3.63, 3.8) is 0 Å². The molecule has 3 aromatic heterocycles. The number of hydrogen-bond acceptors (Lipinski definition) is 5. The Morgan fingerprint density at radius 3 is 3.28 bits per heavy atom. The maximum absolute atomic E-state index is 11.9. The molecule has 6 nitrogen and oxygen atoms in total. The van der Waals surface area contributed by atoms with E-state index in [2.05, 4.69) is 20.2 Å². The van der Waals surface area contributed by atoms with E-state index in [-0.39, 0.29) is 5.56 Å². The van der Waals surface area contributed by atoms with Crippen LogP contribution >= 0.6 is 23.6 Å². The highest BCUT2D eigenvalue weighted by atomic mass is 32.1. The molecular formula is C10H7N5OS2. The Hall–Kier alpha value is -1.80. The molecule has 0 radical (unpaired) electrons. The smallest absolute Gasteiger partial charge is 0.259 e. The maximum atomic E-state index is 11.9. The predicted octanol–water partition coefficient (Wildman–Crippen LogP) is 1.46. The van der Waals surface area contributed by atoms with Gasteiger partial charge < -0.3 is 4.98 Å².